The lowest BCUT2D eigenvalue weighted by Gasteiger charge is -2.11. The number of carbonyl (C=O) groups is 1. The minimum atomic E-state index is -0.234. The molecule has 0 aliphatic rings. The molecule has 1 N–H and O–H groups in total. The van der Waals surface area contributed by atoms with Crippen LogP contribution in [0.15, 0.2) is 48.5 Å². The van der Waals surface area contributed by atoms with Gasteiger partial charge in [0.25, 0.3) is 0 Å². The number of halogens is 1. The Balaban J connectivity index is 2.07. The van der Waals surface area contributed by atoms with E-state index in [-0.39, 0.29) is 10.7 Å². The summed E-state index contributed by atoms with van der Waals surface area (Å²) in [5.74, 6) is 1.90. The maximum atomic E-state index is 11.6. The van der Waals surface area contributed by atoms with Crippen molar-refractivity contribution in [1.82, 2.24) is 0 Å². The summed E-state index contributed by atoms with van der Waals surface area (Å²) in [7, 11) is 1.60. The minimum absolute atomic E-state index is 0.0894. The van der Waals surface area contributed by atoms with Crippen LogP contribution in [0.25, 0.3) is 0 Å². The van der Waals surface area contributed by atoms with Gasteiger partial charge in [-0.25, -0.2) is 0 Å². The van der Waals surface area contributed by atoms with Gasteiger partial charge in [-0.3, -0.25) is 4.79 Å². The average Bonchev–Trinajstić information content (AvgIpc) is 2.49. The number of alkyl halides is 1. The Labute approximate surface area is 132 Å². The first-order chi connectivity index (χ1) is 10.1. The van der Waals surface area contributed by atoms with Crippen LogP contribution in [0.4, 0.5) is 5.69 Å². The normalized spacial score (nSPS) is 11.6. The number of hydrogen-bond acceptors (Lipinski definition) is 3. The summed E-state index contributed by atoms with van der Waals surface area (Å²) in [5, 5.41) is 2.79. The molecule has 0 radical (unpaired) electrons. The number of benzene rings is 2. The van der Waals surface area contributed by atoms with E-state index in [1.807, 2.05) is 24.3 Å². The molecule has 2 rings (SSSR count). The van der Waals surface area contributed by atoms with E-state index in [2.05, 4.69) is 21.2 Å². The molecule has 1 atom stereocenters. The van der Waals surface area contributed by atoms with Gasteiger partial charge < -0.3 is 14.8 Å². The lowest BCUT2D eigenvalue weighted by molar-refractivity contribution is -0.115. The fraction of sp³-hybridized carbons (Fsp3) is 0.188. The van der Waals surface area contributed by atoms with Crippen LogP contribution in [0.3, 0.4) is 0 Å². The van der Waals surface area contributed by atoms with Gasteiger partial charge in [-0.1, -0.05) is 28.1 Å². The van der Waals surface area contributed by atoms with Crippen LogP contribution >= 0.6 is 15.9 Å². The highest BCUT2D eigenvalue weighted by Crippen LogP contribution is 2.31. The number of hydrogen-bond donors (Lipinski definition) is 1. The van der Waals surface area contributed by atoms with E-state index in [4.69, 9.17) is 9.47 Å². The topological polar surface area (TPSA) is 47.6 Å². The maximum absolute atomic E-state index is 11.6. The Hall–Kier alpha value is -2.01. The van der Waals surface area contributed by atoms with Gasteiger partial charge in [0.15, 0.2) is 11.5 Å². The van der Waals surface area contributed by atoms with Gasteiger partial charge in [0.1, 0.15) is 5.75 Å². The predicted molar refractivity (Wildman–Crippen MR) is 86.5 cm³/mol. The molecule has 0 fully saturated rings. The third-order valence-corrected chi connectivity index (χ3v) is 3.20. The smallest absolute Gasteiger partial charge is 0.237 e. The van der Waals surface area contributed by atoms with Crippen LogP contribution in [0.1, 0.15) is 6.92 Å². The zero-order chi connectivity index (χ0) is 15.2. The Morgan fingerprint density at radius 2 is 1.71 bits per heavy atom. The number of anilines is 1. The summed E-state index contributed by atoms with van der Waals surface area (Å²) in [6.45, 7) is 1.77. The number of amides is 1. The quantitative estimate of drug-likeness (QED) is 0.822. The number of para-hydroxylation sites is 2. The molecule has 0 aliphatic carbocycles. The number of ether oxygens (including phenoxy) is 2. The molecule has 110 valence electrons. The number of rotatable bonds is 5. The van der Waals surface area contributed by atoms with Gasteiger partial charge in [0.2, 0.25) is 5.91 Å². The van der Waals surface area contributed by atoms with Crippen molar-refractivity contribution in [3.63, 3.8) is 0 Å². The van der Waals surface area contributed by atoms with Crippen LogP contribution in [-0.2, 0) is 4.79 Å². The average molecular weight is 350 g/mol. The largest absolute Gasteiger partial charge is 0.493 e. The summed E-state index contributed by atoms with van der Waals surface area (Å²) in [4.78, 5) is 11.3. The molecule has 1 amide bonds. The van der Waals surface area contributed by atoms with E-state index in [1.54, 1.807) is 38.3 Å². The molecule has 0 saturated heterocycles. The number of nitrogens with one attached hydrogen (secondary N) is 1. The molecule has 0 bridgehead atoms. The summed E-state index contributed by atoms with van der Waals surface area (Å²) in [6, 6.07) is 14.6. The van der Waals surface area contributed by atoms with Crippen LogP contribution in [-0.4, -0.2) is 17.8 Å². The van der Waals surface area contributed by atoms with Crippen molar-refractivity contribution >= 4 is 27.5 Å². The molecular formula is C16H16BrNO3. The molecule has 4 nitrogen and oxygen atoms in total. The Kier molecular flexibility index (Phi) is 5.22. The van der Waals surface area contributed by atoms with Crippen LogP contribution in [0.5, 0.6) is 17.2 Å². The molecule has 0 spiro atoms. The highest BCUT2D eigenvalue weighted by Gasteiger charge is 2.09. The van der Waals surface area contributed by atoms with Crippen LogP contribution < -0.4 is 14.8 Å². The van der Waals surface area contributed by atoms with Gasteiger partial charge in [0.05, 0.1) is 11.9 Å². The predicted octanol–water partition coefficient (Wildman–Crippen LogP) is 4.21. The van der Waals surface area contributed by atoms with Crippen molar-refractivity contribution < 1.29 is 14.3 Å². The van der Waals surface area contributed by atoms with Crippen molar-refractivity contribution in [3.05, 3.63) is 48.5 Å². The van der Waals surface area contributed by atoms with Crippen molar-refractivity contribution in [1.29, 1.82) is 0 Å². The zero-order valence-corrected chi connectivity index (χ0v) is 13.4. The Morgan fingerprint density at radius 3 is 2.29 bits per heavy atom. The van der Waals surface area contributed by atoms with Gasteiger partial charge in [0, 0.05) is 5.69 Å². The van der Waals surface area contributed by atoms with Gasteiger partial charge in [-0.2, -0.15) is 0 Å². The molecule has 0 saturated carbocycles. The third-order valence-electron chi connectivity index (χ3n) is 2.78. The maximum Gasteiger partial charge on any atom is 0.237 e. The van der Waals surface area contributed by atoms with Crippen LogP contribution in [0.2, 0.25) is 0 Å². The molecule has 1 unspecified atom stereocenters. The lowest BCUT2D eigenvalue weighted by atomic mass is 10.3. The number of carbonyl (C=O) groups excluding carboxylic acids is 1. The van der Waals surface area contributed by atoms with Crippen molar-refractivity contribution in [2.45, 2.75) is 11.8 Å². The molecule has 0 aromatic heterocycles. The first-order valence-electron chi connectivity index (χ1n) is 6.46. The second kappa shape index (κ2) is 7.13. The Morgan fingerprint density at radius 1 is 1.10 bits per heavy atom. The van der Waals surface area contributed by atoms with E-state index >= 15 is 0 Å². The van der Waals surface area contributed by atoms with E-state index < -0.39 is 0 Å². The summed E-state index contributed by atoms with van der Waals surface area (Å²) in [5.41, 5.74) is 0.721. The highest BCUT2D eigenvalue weighted by atomic mass is 79.9. The van der Waals surface area contributed by atoms with Crippen LogP contribution in [0, 0.1) is 0 Å². The Bertz CT molecular complexity index is 611. The van der Waals surface area contributed by atoms with E-state index in [0.29, 0.717) is 17.2 Å². The number of methoxy groups -OCH3 is 1. The standard InChI is InChI=1S/C16H16BrNO3/c1-11(17)16(19)18-12-7-9-13(10-8-12)21-15-6-4-3-5-14(15)20-2/h3-11H,1-2H3,(H,18,19). The molecule has 0 aliphatic heterocycles. The molecule has 2 aromatic carbocycles. The summed E-state index contributed by atoms with van der Waals surface area (Å²) in [6.07, 6.45) is 0. The van der Waals surface area contributed by atoms with Gasteiger partial charge >= 0.3 is 0 Å². The second-order valence-electron chi connectivity index (χ2n) is 4.38. The molecule has 0 heterocycles. The van der Waals surface area contributed by atoms with Crippen molar-refractivity contribution in [2.75, 3.05) is 12.4 Å². The molecule has 21 heavy (non-hydrogen) atoms. The van der Waals surface area contributed by atoms with Crippen molar-refractivity contribution in [3.8, 4) is 17.2 Å². The molecule has 5 heteroatoms. The zero-order valence-electron chi connectivity index (χ0n) is 11.8. The molecule has 2 aromatic rings. The first kappa shape index (κ1) is 15.4. The SMILES string of the molecule is COc1ccccc1Oc1ccc(NC(=O)C(C)Br)cc1. The van der Waals surface area contributed by atoms with E-state index in [0.717, 1.165) is 5.69 Å². The minimum Gasteiger partial charge on any atom is -0.493 e. The van der Waals surface area contributed by atoms with Gasteiger partial charge in [-0.15, -0.1) is 0 Å². The monoisotopic (exact) mass is 349 g/mol. The first-order valence-corrected chi connectivity index (χ1v) is 7.37. The van der Waals surface area contributed by atoms with Gasteiger partial charge in [-0.05, 0) is 43.3 Å². The summed E-state index contributed by atoms with van der Waals surface area (Å²) >= 11 is 3.22. The van der Waals surface area contributed by atoms with Crippen molar-refractivity contribution in [2.24, 2.45) is 0 Å². The highest BCUT2D eigenvalue weighted by molar-refractivity contribution is 9.10. The second-order valence-corrected chi connectivity index (χ2v) is 5.76. The molecular weight excluding hydrogens is 334 g/mol. The van der Waals surface area contributed by atoms with E-state index in [9.17, 15) is 4.79 Å². The third kappa shape index (κ3) is 4.23. The fourth-order valence-corrected chi connectivity index (χ4v) is 1.79. The lowest BCUT2D eigenvalue weighted by Crippen LogP contribution is -2.19. The van der Waals surface area contributed by atoms with E-state index in [1.165, 1.54) is 0 Å². The summed E-state index contributed by atoms with van der Waals surface area (Å²) < 4.78 is 11.0. The fourth-order valence-electron chi connectivity index (χ4n) is 1.68.